The molecule has 0 aliphatic heterocycles. The van der Waals surface area contributed by atoms with E-state index >= 15 is 0 Å². The van der Waals surface area contributed by atoms with Crippen molar-refractivity contribution >= 4 is 0 Å². The average molecular weight is 236 g/mol. The summed E-state index contributed by atoms with van der Waals surface area (Å²) in [7, 11) is 6.30. The molecule has 0 radical (unpaired) electrons. The number of fused-ring (bicyclic) bond motifs is 1. The van der Waals surface area contributed by atoms with Crippen molar-refractivity contribution in [3.8, 4) is 0 Å². The number of nitrogens with zero attached hydrogens (tertiary/aromatic N) is 3. The molecule has 0 amide bonds. The number of rotatable bonds is 4. The second-order valence-corrected chi connectivity index (χ2v) is 5.34. The molecule has 0 saturated carbocycles. The molecule has 96 valence electrons. The molecule has 1 aliphatic carbocycles. The fourth-order valence-corrected chi connectivity index (χ4v) is 2.41. The molecule has 4 heteroatoms. The quantitative estimate of drug-likeness (QED) is 0.856. The van der Waals surface area contributed by atoms with Crippen LogP contribution in [0.15, 0.2) is 6.20 Å². The van der Waals surface area contributed by atoms with E-state index in [0.29, 0.717) is 12.1 Å². The minimum Gasteiger partial charge on any atom is -0.308 e. The van der Waals surface area contributed by atoms with Gasteiger partial charge in [0.15, 0.2) is 0 Å². The first kappa shape index (κ1) is 12.6. The fraction of sp³-hybridized carbons (Fsp3) is 0.769. The lowest BCUT2D eigenvalue weighted by Crippen LogP contribution is -2.38. The van der Waals surface area contributed by atoms with Crippen LogP contribution >= 0.6 is 0 Å². The smallest absolute Gasteiger partial charge is 0.0540 e. The van der Waals surface area contributed by atoms with Crippen LogP contribution in [0.3, 0.4) is 0 Å². The maximum absolute atomic E-state index is 4.38. The van der Waals surface area contributed by atoms with E-state index in [4.69, 9.17) is 0 Å². The number of aromatic nitrogens is 2. The van der Waals surface area contributed by atoms with Gasteiger partial charge in [-0.3, -0.25) is 4.68 Å². The van der Waals surface area contributed by atoms with E-state index < -0.39 is 0 Å². The van der Waals surface area contributed by atoms with Crippen molar-refractivity contribution in [3.63, 3.8) is 0 Å². The Hall–Kier alpha value is -0.870. The Balaban J connectivity index is 1.99. The van der Waals surface area contributed by atoms with Gasteiger partial charge < -0.3 is 10.2 Å². The summed E-state index contributed by atoms with van der Waals surface area (Å²) in [5, 5.41) is 8.05. The number of likely N-dealkylation sites (N-methyl/N-ethyl adjacent to an activating group) is 1. The van der Waals surface area contributed by atoms with Crippen LogP contribution in [0.5, 0.6) is 0 Å². The molecule has 0 spiro atoms. The molecule has 2 rings (SSSR count). The molecule has 0 aromatic carbocycles. The highest BCUT2D eigenvalue weighted by Crippen LogP contribution is 2.28. The highest BCUT2D eigenvalue weighted by atomic mass is 15.3. The summed E-state index contributed by atoms with van der Waals surface area (Å²) in [6.45, 7) is 3.28. The molecule has 1 aromatic heterocycles. The van der Waals surface area contributed by atoms with E-state index in [9.17, 15) is 0 Å². The molecule has 1 aliphatic rings. The average Bonchev–Trinajstić information content (AvgIpc) is 2.69. The fourth-order valence-electron chi connectivity index (χ4n) is 2.41. The first-order valence-electron chi connectivity index (χ1n) is 6.50. The molecule has 0 bridgehead atoms. The molecular weight excluding hydrogens is 212 g/mol. The topological polar surface area (TPSA) is 33.1 Å². The maximum atomic E-state index is 4.38. The van der Waals surface area contributed by atoms with Gasteiger partial charge in [-0.25, -0.2) is 0 Å². The molecule has 17 heavy (non-hydrogen) atoms. The lowest BCUT2D eigenvalue weighted by atomic mass is 9.93. The van der Waals surface area contributed by atoms with E-state index in [0.717, 1.165) is 6.54 Å². The van der Waals surface area contributed by atoms with Gasteiger partial charge in [0.25, 0.3) is 0 Å². The Morgan fingerprint density at radius 2 is 2.35 bits per heavy atom. The third kappa shape index (κ3) is 2.69. The molecule has 1 heterocycles. The Kier molecular flexibility index (Phi) is 3.84. The van der Waals surface area contributed by atoms with Crippen LogP contribution in [-0.2, 0) is 13.5 Å². The van der Waals surface area contributed by atoms with Crippen molar-refractivity contribution in [1.82, 2.24) is 20.0 Å². The van der Waals surface area contributed by atoms with Crippen molar-refractivity contribution in [3.05, 3.63) is 17.5 Å². The molecule has 2 unspecified atom stereocenters. The lowest BCUT2D eigenvalue weighted by molar-refractivity contribution is 0.288. The molecular formula is C13H24N4. The van der Waals surface area contributed by atoms with E-state index in [1.165, 1.54) is 30.5 Å². The number of aryl methyl sites for hydroxylation is 1. The van der Waals surface area contributed by atoms with Crippen LogP contribution in [0.1, 0.15) is 37.1 Å². The third-order valence-corrected chi connectivity index (χ3v) is 3.92. The lowest BCUT2D eigenvalue weighted by Gasteiger charge is -2.27. The second-order valence-electron chi connectivity index (χ2n) is 5.34. The summed E-state index contributed by atoms with van der Waals surface area (Å²) in [5.74, 6) is 0. The van der Waals surface area contributed by atoms with Gasteiger partial charge >= 0.3 is 0 Å². The van der Waals surface area contributed by atoms with Crippen molar-refractivity contribution in [2.75, 3.05) is 20.6 Å². The molecule has 1 aromatic rings. The Labute approximate surface area is 104 Å². The molecule has 2 atom stereocenters. The molecule has 1 N–H and O–H groups in total. The van der Waals surface area contributed by atoms with E-state index in [1.807, 2.05) is 17.9 Å². The van der Waals surface area contributed by atoms with E-state index in [1.54, 1.807) is 0 Å². The van der Waals surface area contributed by atoms with Gasteiger partial charge in [0.1, 0.15) is 0 Å². The summed E-state index contributed by atoms with van der Waals surface area (Å²) in [5.41, 5.74) is 2.82. The van der Waals surface area contributed by atoms with Crippen molar-refractivity contribution in [1.29, 1.82) is 0 Å². The van der Waals surface area contributed by atoms with E-state index in [2.05, 4.69) is 36.3 Å². The summed E-state index contributed by atoms with van der Waals surface area (Å²) in [6, 6.07) is 1.06. The summed E-state index contributed by atoms with van der Waals surface area (Å²) >= 11 is 0. The van der Waals surface area contributed by atoms with Gasteiger partial charge in [0.05, 0.1) is 6.20 Å². The van der Waals surface area contributed by atoms with Gasteiger partial charge in [0, 0.05) is 36.9 Å². The Morgan fingerprint density at radius 3 is 3.06 bits per heavy atom. The zero-order valence-corrected chi connectivity index (χ0v) is 11.4. The van der Waals surface area contributed by atoms with Crippen LogP contribution in [0, 0.1) is 0 Å². The standard InChI is InChI=1S/C13H24N4/c1-10(16(2)3)8-14-12-6-5-7-13-11(12)9-15-17(13)4/h9-10,12,14H,5-8H2,1-4H3. The normalized spacial score (nSPS) is 21.6. The molecule has 0 saturated heterocycles. The number of hydrogen-bond acceptors (Lipinski definition) is 3. The first-order valence-corrected chi connectivity index (χ1v) is 6.50. The molecule has 0 fully saturated rings. The van der Waals surface area contributed by atoms with E-state index in [-0.39, 0.29) is 0 Å². The Morgan fingerprint density at radius 1 is 1.59 bits per heavy atom. The zero-order valence-electron chi connectivity index (χ0n) is 11.4. The highest BCUT2D eigenvalue weighted by molar-refractivity contribution is 5.24. The van der Waals surface area contributed by atoms with Gasteiger partial charge in [-0.2, -0.15) is 5.10 Å². The monoisotopic (exact) mass is 236 g/mol. The minimum absolute atomic E-state index is 0.495. The van der Waals surface area contributed by atoms with Gasteiger partial charge in [-0.05, 0) is 40.3 Å². The number of nitrogens with one attached hydrogen (secondary N) is 1. The van der Waals surface area contributed by atoms with Gasteiger partial charge in [0.2, 0.25) is 0 Å². The maximum Gasteiger partial charge on any atom is 0.0540 e. The predicted molar refractivity (Wildman–Crippen MR) is 70.0 cm³/mol. The summed E-state index contributed by atoms with van der Waals surface area (Å²) in [4.78, 5) is 2.25. The van der Waals surface area contributed by atoms with Crippen molar-refractivity contribution < 1.29 is 0 Å². The third-order valence-electron chi connectivity index (χ3n) is 3.92. The van der Waals surface area contributed by atoms with Gasteiger partial charge in [-0.1, -0.05) is 0 Å². The summed E-state index contributed by atoms with van der Waals surface area (Å²) < 4.78 is 2.03. The van der Waals surface area contributed by atoms with Crippen LogP contribution in [-0.4, -0.2) is 41.4 Å². The largest absolute Gasteiger partial charge is 0.308 e. The Bertz CT molecular complexity index is 369. The zero-order chi connectivity index (χ0) is 12.4. The summed E-state index contributed by atoms with van der Waals surface area (Å²) in [6.07, 6.45) is 5.71. The van der Waals surface area contributed by atoms with Crippen LogP contribution in [0.25, 0.3) is 0 Å². The van der Waals surface area contributed by atoms with Crippen molar-refractivity contribution in [2.24, 2.45) is 7.05 Å². The predicted octanol–water partition coefficient (Wildman–Crippen LogP) is 1.34. The van der Waals surface area contributed by atoms with Crippen molar-refractivity contribution in [2.45, 2.75) is 38.3 Å². The van der Waals surface area contributed by atoms with Crippen LogP contribution in [0.4, 0.5) is 0 Å². The van der Waals surface area contributed by atoms with Crippen LogP contribution < -0.4 is 5.32 Å². The first-order chi connectivity index (χ1) is 8.09. The SMILES string of the molecule is CC(CNC1CCCc2c1cnn2C)N(C)C. The second kappa shape index (κ2) is 5.19. The minimum atomic E-state index is 0.495. The highest BCUT2D eigenvalue weighted by Gasteiger charge is 2.23. The molecule has 4 nitrogen and oxygen atoms in total. The van der Waals surface area contributed by atoms with Crippen LogP contribution in [0.2, 0.25) is 0 Å². The van der Waals surface area contributed by atoms with Gasteiger partial charge in [-0.15, -0.1) is 0 Å². The number of hydrogen-bond donors (Lipinski definition) is 1.